The van der Waals surface area contributed by atoms with Crippen LogP contribution in [-0.2, 0) is 12.7 Å². The lowest BCUT2D eigenvalue weighted by Gasteiger charge is -2.17. The molecule has 1 aromatic rings. The van der Waals surface area contributed by atoms with Gasteiger partial charge in [-0.15, -0.1) is 0 Å². The van der Waals surface area contributed by atoms with Crippen molar-refractivity contribution in [3.05, 3.63) is 29.3 Å². The molecule has 0 aliphatic carbocycles. The van der Waals surface area contributed by atoms with E-state index in [1.54, 1.807) is 0 Å². The molecule has 4 nitrogen and oxygen atoms in total. The summed E-state index contributed by atoms with van der Waals surface area (Å²) < 4.78 is 44.0. The van der Waals surface area contributed by atoms with Crippen molar-refractivity contribution in [1.29, 1.82) is 0 Å². The molecule has 0 aliphatic heterocycles. The summed E-state index contributed by atoms with van der Waals surface area (Å²) in [6.45, 7) is 3.15. The van der Waals surface area contributed by atoms with Gasteiger partial charge in [-0.25, -0.2) is 0 Å². The van der Waals surface area contributed by atoms with E-state index in [4.69, 9.17) is 14.9 Å². The summed E-state index contributed by atoms with van der Waals surface area (Å²) in [5.41, 5.74) is -0.401. The minimum absolute atomic E-state index is 0.162. The lowest BCUT2D eigenvalue weighted by Crippen LogP contribution is -2.23. The largest absolute Gasteiger partial charge is 0.490 e. The Balaban J connectivity index is 2.92. The summed E-state index contributed by atoms with van der Waals surface area (Å²) in [5, 5.41) is 20.8. The van der Waals surface area contributed by atoms with Gasteiger partial charge in [-0.05, 0) is 17.7 Å². The Labute approximate surface area is 121 Å². The highest BCUT2D eigenvalue weighted by molar-refractivity contribution is 5.39. The Morgan fingerprint density at radius 1 is 1.29 bits per heavy atom. The molecule has 0 heterocycles. The van der Waals surface area contributed by atoms with Gasteiger partial charge >= 0.3 is 6.18 Å². The first kappa shape index (κ1) is 17.7. The van der Waals surface area contributed by atoms with Gasteiger partial charge in [0.15, 0.2) is 0 Å². The van der Waals surface area contributed by atoms with E-state index in [0.717, 1.165) is 6.07 Å². The van der Waals surface area contributed by atoms with Crippen LogP contribution >= 0.6 is 0 Å². The monoisotopic (exact) mass is 307 g/mol. The molecule has 0 bridgehead atoms. The molecule has 120 valence electrons. The molecule has 21 heavy (non-hydrogen) atoms. The first-order valence-electron chi connectivity index (χ1n) is 6.59. The lowest BCUT2D eigenvalue weighted by molar-refractivity contribution is -0.139. The standard InChI is InChI=1S/C14H20F3NO3/c1-9(2)18-6-10-3-4-13(21-8-11(20)7-19)12(5-10)14(15,16)17/h3-5,9,11,18-20H,6-8H2,1-2H3. The number of benzene rings is 1. The van der Waals surface area contributed by atoms with Crippen molar-refractivity contribution in [3.63, 3.8) is 0 Å². The van der Waals surface area contributed by atoms with Crippen LogP contribution < -0.4 is 10.1 Å². The molecular weight excluding hydrogens is 287 g/mol. The van der Waals surface area contributed by atoms with Gasteiger partial charge in [-0.2, -0.15) is 13.2 Å². The number of hydrogen-bond acceptors (Lipinski definition) is 4. The van der Waals surface area contributed by atoms with Gasteiger partial charge in [0.1, 0.15) is 18.5 Å². The zero-order valence-corrected chi connectivity index (χ0v) is 11.9. The van der Waals surface area contributed by atoms with Crippen molar-refractivity contribution in [2.24, 2.45) is 0 Å². The Bertz CT molecular complexity index is 450. The molecule has 7 heteroatoms. The quantitative estimate of drug-likeness (QED) is 0.720. The fourth-order valence-corrected chi connectivity index (χ4v) is 1.60. The fourth-order valence-electron chi connectivity index (χ4n) is 1.60. The van der Waals surface area contributed by atoms with E-state index in [2.05, 4.69) is 5.32 Å². The molecule has 1 aromatic carbocycles. The molecule has 0 radical (unpaired) electrons. The van der Waals surface area contributed by atoms with E-state index in [1.807, 2.05) is 13.8 Å². The third kappa shape index (κ3) is 5.91. The number of alkyl halides is 3. The Morgan fingerprint density at radius 2 is 1.95 bits per heavy atom. The summed E-state index contributed by atoms with van der Waals surface area (Å²) >= 11 is 0. The number of nitrogens with one attached hydrogen (secondary N) is 1. The van der Waals surface area contributed by atoms with Crippen LogP contribution in [0.3, 0.4) is 0 Å². The van der Waals surface area contributed by atoms with Crippen LogP contribution in [0.15, 0.2) is 18.2 Å². The molecule has 1 unspecified atom stereocenters. The van der Waals surface area contributed by atoms with E-state index < -0.39 is 31.1 Å². The summed E-state index contributed by atoms with van der Waals surface area (Å²) in [7, 11) is 0. The smallest absolute Gasteiger partial charge is 0.419 e. The Hall–Kier alpha value is -1.31. The van der Waals surface area contributed by atoms with Gasteiger partial charge in [0.2, 0.25) is 0 Å². The van der Waals surface area contributed by atoms with Crippen LogP contribution in [-0.4, -0.2) is 35.6 Å². The van der Waals surface area contributed by atoms with E-state index in [9.17, 15) is 13.2 Å². The molecule has 0 amide bonds. The Kier molecular flexibility index (Phi) is 6.44. The SMILES string of the molecule is CC(C)NCc1ccc(OCC(O)CO)c(C(F)(F)F)c1. The number of rotatable bonds is 7. The van der Waals surface area contributed by atoms with Crippen molar-refractivity contribution in [2.45, 2.75) is 38.7 Å². The maximum absolute atomic E-state index is 13.0. The minimum Gasteiger partial charge on any atom is -0.490 e. The van der Waals surface area contributed by atoms with E-state index in [1.165, 1.54) is 12.1 Å². The third-order valence-electron chi connectivity index (χ3n) is 2.71. The topological polar surface area (TPSA) is 61.7 Å². The number of aliphatic hydroxyl groups is 2. The van der Waals surface area contributed by atoms with Crippen molar-refractivity contribution in [1.82, 2.24) is 5.32 Å². The molecule has 0 spiro atoms. The van der Waals surface area contributed by atoms with Crippen LogP contribution in [0.5, 0.6) is 5.75 Å². The van der Waals surface area contributed by atoms with Crippen LogP contribution in [0, 0.1) is 0 Å². The Morgan fingerprint density at radius 3 is 2.48 bits per heavy atom. The normalized spacial score (nSPS) is 13.5. The first-order chi connectivity index (χ1) is 9.74. The lowest BCUT2D eigenvalue weighted by atomic mass is 10.1. The average Bonchev–Trinajstić information content (AvgIpc) is 2.41. The van der Waals surface area contributed by atoms with Crippen LogP contribution in [0.4, 0.5) is 13.2 Å². The predicted octanol–water partition coefficient (Wildman–Crippen LogP) is 1.94. The average molecular weight is 307 g/mol. The molecule has 1 atom stereocenters. The highest BCUT2D eigenvalue weighted by atomic mass is 19.4. The zero-order valence-electron chi connectivity index (χ0n) is 11.9. The summed E-state index contributed by atoms with van der Waals surface area (Å²) in [6, 6.07) is 3.95. The van der Waals surface area contributed by atoms with Crippen LogP contribution in [0.1, 0.15) is 25.0 Å². The second kappa shape index (κ2) is 7.63. The maximum Gasteiger partial charge on any atom is 0.419 e. The second-order valence-corrected chi connectivity index (χ2v) is 5.01. The van der Waals surface area contributed by atoms with E-state index in [0.29, 0.717) is 12.1 Å². The van der Waals surface area contributed by atoms with Gasteiger partial charge in [-0.1, -0.05) is 19.9 Å². The number of halogens is 3. The van der Waals surface area contributed by atoms with E-state index >= 15 is 0 Å². The molecule has 1 rings (SSSR count). The van der Waals surface area contributed by atoms with Gasteiger partial charge in [0, 0.05) is 12.6 Å². The summed E-state index contributed by atoms with van der Waals surface area (Å²) in [6.07, 6.45) is -5.76. The maximum atomic E-state index is 13.0. The number of hydrogen-bond donors (Lipinski definition) is 3. The van der Waals surface area contributed by atoms with E-state index in [-0.39, 0.29) is 11.8 Å². The highest BCUT2D eigenvalue weighted by Crippen LogP contribution is 2.36. The molecule has 0 aromatic heterocycles. The van der Waals surface area contributed by atoms with Gasteiger partial charge in [-0.3, -0.25) is 0 Å². The number of aliphatic hydroxyl groups excluding tert-OH is 2. The van der Waals surface area contributed by atoms with Crippen LogP contribution in [0.2, 0.25) is 0 Å². The first-order valence-corrected chi connectivity index (χ1v) is 6.59. The van der Waals surface area contributed by atoms with Gasteiger partial charge in [0.25, 0.3) is 0 Å². The number of ether oxygens (including phenoxy) is 1. The van der Waals surface area contributed by atoms with Gasteiger partial charge in [0.05, 0.1) is 12.2 Å². The molecular formula is C14H20F3NO3. The molecule has 3 N–H and O–H groups in total. The highest BCUT2D eigenvalue weighted by Gasteiger charge is 2.34. The van der Waals surface area contributed by atoms with Crippen molar-refractivity contribution in [2.75, 3.05) is 13.2 Å². The molecule has 0 aliphatic rings. The van der Waals surface area contributed by atoms with Crippen LogP contribution in [0.25, 0.3) is 0 Å². The van der Waals surface area contributed by atoms with Gasteiger partial charge < -0.3 is 20.3 Å². The summed E-state index contributed by atoms with van der Waals surface area (Å²) in [4.78, 5) is 0. The van der Waals surface area contributed by atoms with Crippen molar-refractivity contribution >= 4 is 0 Å². The summed E-state index contributed by atoms with van der Waals surface area (Å²) in [5.74, 6) is -0.358. The fraction of sp³-hybridized carbons (Fsp3) is 0.571. The van der Waals surface area contributed by atoms with Crippen molar-refractivity contribution in [3.8, 4) is 5.75 Å². The molecule has 0 saturated carbocycles. The van der Waals surface area contributed by atoms with Crippen molar-refractivity contribution < 1.29 is 28.1 Å². The zero-order chi connectivity index (χ0) is 16.0. The molecule has 0 fully saturated rings. The minimum atomic E-state index is -4.55. The third-order valence-corrected chi connectivity index (χ3v) is 2.71. The second-order valence-electron chi connectivity index (χ2n) is 5.01. The molecule has 0 saturated heterocycles. The predicted molar refractivity (Wildman–Crippen MR) is 72.0 cm³/mol.